The maximum atomic E-state index is 12.6. The van der Waals surface area contributed by atoms with E-state index in [4.69, 9.17) is 9.47 Å². The molecule has 0 aromatic heterocycles. The minimum atomic E-state index is 0.0248. The van der Waals surface area contributed by atoms with Gasteiger partial charge in [0, 0.05) is 32.7 Å². The molecule has 0 spiro atoms. The molecule has 2 aliphatic rings. The number of carbonyl (C=O) groups is 1. The molecule has 2 aliphatic heterocycles. The van der Waals surface area contributed by atoms with Crippen LogP contribution in [0.15, 0.2) is 48.5 Å². The summed E-state index contributed by atoms with van der Waals surface area (Å²) < 4.78 is 11.2. The van der Waals surface area contributed by atoms with Crippen molar-refractivity contribution in [2.45, 2.75) is 12.5 Å². The van der Waals surface area contributed by atoms with E-state index >= 15 is 0 Å². The number of nitrogens with zero attached hydrogens (tertiary/aromatic N) is 2. The molecule has 1 N–H and O–H groups in total. The van der Waals surface area contributed by atoms with Gasteiger partial charge >= 0.3 is 0 Å². The van der Waals surface area contributed by atoms with Crippen molar-refractivity contribution in [2.24, 2.45) is 0 Å². The lowest BCUT2D eigenvalue weighted by molar-refractivity contribution is -0.120. The van der Waals surface area contributed by atoms with Crippen LogP contribution in [0.4, 0.5) is 0 Å². The molecule has 1 fully saturated rings. The van der Waals surface area contributed by atoms with Gasteiger partial charge in [-0.1, -0.05) is 36.4 Å². The van der Waals surface area contributed by atoms with Gasteiger partial charge in [0.15, 0.2) is 11.5 Å². The fourth-order valence-corrected chi connectivity index (χ4v) is 3.92. The van der Waals surface area contributed by atoms with Gasteiger partial charge in [0.1, 0.15) is 13.2 Å². The van der Waals surface area contributed by atoms with E-state index in [0.717, 1.165) is 43.2 Å². The number of benzene rings is 2. The second kappa shape index (κ2) is 9.29. The number of nitrogens with one attached hydrogen (secondary N) is 1. The summed E-state index contributed by atoms with van der Waals surface area (Å²) in [4.78, 5) is 17.5. The molecule has 29 heavy (non-hydrogen) atoms. The molecule has 1 saturated heterocycles. The van der Waals surface area contributed by atoms with Crippen molar-refractivity contribution in [3.8, 4) is 11.5 Å². The third-order valence-corrected chi connectivity index (χ3v) is 5.63. The Labute approximate surface area is 172 Å². The molecule has 1 unspecified atom stereocenters. The minimum absolute atomic E-state index is 0.0248. The number of likely N-dealkylation sites (N-methyl/N-ethyl adjacent to an activating group) is 1. The molecular formula is C23H29N3O3. The van der Waals surface area contributed by atoms with Crippen molar-refractivity contribution in [3.05, 3.63) is 59.7 Å². The van der Waals surface area contributed by atoms with Gasteiger partial charge in [0.25, 0.3) is 0 Å². The van der Waals surface area contributed by atoms with Crippen molar-refractivity contribution in [1.82, 2.24) is 15.1 Å². The lowest BCUT2D eigenvalue weighted by Crippen LogP contribution is -2.48. The third-order valence-electron chi connectivity index (χ3n) is 5.63. The van der Waals surface area contributed by atoms with Crippen LogP contribution in [0.25, 0.3) is 0 Å². The zero-order valence-corrected chi connectivity index (χ0v) is 17.0. The number of rotatable bonds is 6. The normalized spacial score (nSPS) is 18.2. The molecule has 4 rings (SSSR count). The van der Waals surface area contributed by atoms with Gasteiger partial charge in [0.05, 0.1) is 12.5 Å². The predicted octanol–water partition coefficient (Wildman–Crippen LogP) is 2.11. The Morgan fingerprint density at radius 1 is 1.00 bits per heavy atom. The lowest BCUT2D eigenvalue weighted by Gasteiger charge is -2.38. The number of ether oxygens (including phenoxy) is 2. The largest absolute Gasteiger partial charge is 0.486 e. The molecule has 0 aliphatic carbocycles. The predicted molar refractivity (Wildman–Crippen MR) is 112 cm³/mol. The first kappa shape index (κ1) is 19.7. The Balaban J connectivity index is 1.38. The molecule has 0 bridgehead atoms. The fraction of sp³-hybridized carbons (Fsp3) is 0.435. The Morgan fingerprint density at radius 2 is 1.72 bits per heavy atom. The molecule has 2 aromatic rings. The maximum Gasteiger partial charge on any atom is 0.224 e. The highest BCUT2D eigenvalue weighted by atomic mass is 16.6. The lowest BCUT2D eigenvalue weighted by atomic mass is 10.0. The Bertz CT molecular complexity index is 819. The van der Waals surface area contributed by atoms with E-state index in [1.165, 1.54) is 5.56 Å². The van der Waals surface area contributed by atoms with Crippen molar-refractivity contribution in [1.29, 1.82) is 0 Å². The van der Waals surface area contributed by atoms with Crippen molar-refractivity contribution < 1.29 is 14.3 Å². The highest BCUT2D eigenvalue weighted by Gasteiger charge is 2.24. The number of carbonyl (C=O) groups excluding carboxylic acids is 1. The number of fused-ring (bicyclic) bond motifs is 1. The van der Waals surface area contributed by atoms with Crippen molar-refractivity contribution in [3.63, 3.8) is 0 Å². The number of amides is 1. The SMILES string of the molecule is CN1CCN(C(CNC(=O)Cc2ccc3c(c2)OCCO3)c2ccccc2)CC1. The van der Waals surface area contributed by atoms with Crippen LogP contribution in [0.1, 0.15) is 17.2 Å². The van der Waals surface area contributed by atoms with Crippen molar-refractivity contribution >= 4 is 5.91 Å². The van der Waals surface area contributed by atoms with E-state index in [0.29, 0.717) is 26.2 Å². The Kier molecular flexibility index (Phi) is 6.32. The van der Waals surface area contributed by atoms with E-state index < -0.39 is 0 Å². The van der Waals surface area contributed by atoms with Crippen LogP contribution in [0.5, 0.6) is 11.5 Å². The van der Waals surface area contributed by atoms with E-state index in [9.17, 15) is 4.79 Å². The summed E-state index contributed by atoms with van der Waals surface area (Å²) in [6.45, 7) is 5.84. The van der Waals surface area contributed by atoms with Gasteiger partial charge in [-0.25, -0.2) is 0 Å². The van der Waals surface area contributed by atoms with E-state index in [-0.39, 0.29) is 11.9 Å². The first-order valence-electron chi connectivity index (χ1n) is 10.3. The average Bonchev–Trinajstić information content (AvgIpc) is 2.76. The maximum absolute atomic E-state index is 12.6. The monoisotopic (exact) mass is 395 g/mol. The zero-order valence-electron chi connectivity index (χ0n) is 17.0. The molecule has 6 nitrogen and oxygen atoms in total. The highest BCUT2D eigenvalue weighted by Crippen LogP contribution is 2.30. The molecule has 0 radical (unpaired) electrons. The molecule has 2 heterocycles. The zero-order chi connectivity index (χ0) is 20.1. The van der Waals surface area contributed by atoms with Crippen LogP contribution in [0.2, 0.25) is 0 Å². The third kappa shape index (κ3) is 5.08. The van der Waals surface area contributed by atoms with Crippen LogP contribution >= 0.6 is 0 Å². The Morgan fingerprint density at radius 3 is 2.48 bits per heavy atom. The first-order valence-corrected chi connectivity index (χ1v) is 10.3. The summed E-state index contributed by atoms with van der Waals surface area (Å²) >= 11 is 0. The van der Waals surface area contributed by atoms with E-state index in [1.54, 1.807) is 0 Å². The summed E-state index contributed by atoms with van der Waals surface area (Å²) in [6.07, 6.45) is 0.334. The topological polar surface area (TPSA) is 54.0 Å². The summed E-state index contributed by atoms with van der Waals surface area (Å²) in [6, 6.07) is 16.4. The van der Waals surface area contributed by atoms with Crippen LogP contribution in [-0.2, 0) is 11.2 Å². The van der Waals surface area contributed by atoms with Gasteiger partial charge in [-0.3, -0.25) is 9.69 Å². The van der Waals surface area contributed by atoms with E-state index in [1.807, 2.05) is 24.3 Å². The van der Waals surface area contributed by atoms with Gasteiger partial charge in [0.2, 0.25) is 5.91 Å². The number of piperazine rings is 1. The molecule has 154 valence electrons. The molecule has 6 heteroatoms. The molecular weight excluding hydrogens is 366 g/mol. The first-order chi connectivity index (χ1) is 14.2. The number of hydrogen-bond acceptors (Lipinski definition) is 5. The van der Waals surface area contributed by atoms with Gasteiger partial charge in [-0.2, -0.15) is 0 Å². The average molecular weight is 396 g/mol. The smallest absolute Gasteiger partial charge is 0.224 e. The highest BCUT2D eigenvalue weighted by molar-refractivity contribution is 5.78. The van der Waals surface area contributed by atoms with E-state index in [2.05, 4.69) is 46.4 Å². The quantitative estimate of drug-likeness (QED) is 0.812. The molecule has 1 amide bonds. The van der Waals surface area contributed by atoms with Gasteiger partial charge in [-0.05, 0) is 30.3 Å². The van der Waals surface area contributed by atoms with Crippen LogP contribution in [0, 0.1) is 0 Å². The standard InChI is InChI=1S/C23H29N3O3/c1-25-9-11-26(12-10-25)20(19-5-3-2-4-6-19)17-24-23(27)16-18-7-8-21-22(15-18)29-14-13-28-21/h2-8,15,20H,9-14,16-17H2,1H3,(H,24,27). The van der Waals surface area contributed by atoms with Crippen LogP contribution in [-0.4, -0.2) is 68.7 Å². The minimum Gasteiger partial charge on any atom is -0.486 e. The van der Waals surface area contributed by atoms with Crippen LogP contribution < -0.4 is 14.8 Å². The number of hydrogen-bond donors (Lipinski definition) is 1. The fourth-order valence-electron chi connectivity index (χ4n) is 3.92. The molecule has 0 saturated carbocycles. The summed E-state index contributed by atoms with van der Waals surface area (Å²) in [5.41, 5.74) is 2.18. The van der Waals surface area contributed by atoms with Crippen molar-refractivity contribution in [2.75, 3.05) is 53.0 Å². The second-order valence-electron chi connectivity index (χ2n) is 7.72. The van der Waals surface area contributed by atoms with Crippen LogP contribution in [0.3, 0.4) is 0 Å². The summed E-state index contributed by atoms with van der Waals surface area (Å²) in [5.74, 6) is 1.50. The molecule has 1 atom stereocenters. The second-order valence-corrected chi connectivity index (χ2v) is 7.72. The Hall–Kier alpha value is -2.57. The van der Waals surface area contributed by atoms with Gasteiger partial charge in [-0.15, -0.1) is 0 Å². The molecule has 2 aromatic carbocycles. The van der Waals surface area contributed by atoms with Gasteiger partial charge < -0.3 is 19.7 Å². The summed E-state index contributed by atoms with van der Waals surface area (Å²) in [7, 11) is 2.16. The summed E-state index contributed by atoms with van der Waals surface area (Å²) in [5, 5.41) is 3.15.